The largest absolute Gasteiger partial charge is 0.444 e. The molecule has 1 amide bonds. The van der Waals surface area contributed by atoms with Crippen LogP contribution < -0.4 is 0 Å². The maximum Gasteiger partial charge on any atom is 0.412 e. The van der Waals surface area contributed by atoms with Gasteiger partial charge in [-0.2, -0.15) is 0 Å². The van der Waals surface area contributed by atoms with E-state index in [0.717, 1.165) is 5.56 Å². The minimum atomic E-state index is -0.878. The number of carbonyl (C=O) groups is 1. The molecule has 0 radical (unpaired) electrons. The molecule has 0 spiro atoms. The lowest BCUT2D eigenvalue weighted by Gasteiger charge is -2.35. The van der Waals surface area contributed by atoms with Crippen molar-refractivity contribution in [2.24, 2.45) is 0 Å². The predicted octanol–water partition coefficient (Wildman–Crippen LogP) is 3.01. The van der Waals surface area contributed by atoms with Crippen molar-refractivity contribution < 1.29 is 19.4 Å². The highest BCUT2D eigenvalue weighted by molar-refractivity contribution is 6.29. The fraction of sp³-hybridized carbons (Fsp3) is 0.647. The molecule has 1 aromatic heterocycles. The van der Waals surface area contributed by atoms with Crippen molar-refractivity contribution in [3.05, 3.63) is 29.0 Å². The van der Waals surface area contributed by atoms with Gasteiger partial charge in [-0.3, -0.25) is 4.90 Å². The second kappa shape index (κ2) is 6.86. The van der Waals surface area contributed by atoms with Crippen LogP contribution in [0, 0.1) is 0 Å². The maximum absolute atomic E-state index is 12.7. The molecule has 24 heavy (non-hydrogen) atoms. The van der Waals surface area contributed by atoms with Crippen molar-refractivity contribution in [1.29, 1.82) is 0 Å². The lowest BCUT2D eigenvalue weighted by molar-refractivity contribution is -0.0866. The zero-order valence-electron chi connectivity index (χ0n) is 14.7. The Morgan fingerprint density at radius 1 is 1.50 bits per heavy atom. The molecular formula is C17H25ClN2O4. The summed E-state index contributed by atoms with van der Waals surface area (Å²) in [5.74, 6) is 0. The fourth-order valence-electron chi connectivity index (χ4n) is 2.93. The van der Waals surface area contributed by atoms with E-state index in [1.807, 2.05) is 26.8 Å². The van der Waals surface area contributed by atoms with Crippen LogP contribution in [0.3, 0.4) is 0 Å². The summed E-state index contributed by atoms with van der Waals surface area (Å²) in [6.07, 6.45) is 1.13. The van der Waals surface area contributed by atoms with E-state index in [1.165, 1.54) is 0 Å². The zero-order valence-corrected chi connectivity index (χ0v) is 15.5. The Morgan fingerprint density at radius 2 is 2.17 bits per heavy atom. The molecule has 1 saturated heterocycles. The van der Waals surface area contributed by atoms with Gasteiger partial charge in [0.2, 0.25) is 0 Å². The minimum Gasteiger partial charge on any atom is -0.444 e. The molecular weight excluding hydrogens is 332 g/mol. The Morgan fingerprint density at radius 3 is 2.71 bits per heavy atom. The summed E-state index contributed by atoms with van der Waals surface area (Å²) in [4.78, 5) is 18.2. The smallest absolute Gasteiger partial charge is 0.412 e. The third-order valence-corrected chi connectivity index (χ3v) is 3.99. The van der Waals surface area contributed by atoms with Crippen molar-refractivity contribution in [2.45, 2.75) is 64.5 Å². The second-order valence-corrected chi connectivity index (χ2v) is 7.78. The molecule has 2 atom stereocenters. The predicted molar refractivity (Wildman–Crippen MR) is 90.8 cm³/mol. The average Bonchev–Trinajstić information content (AvgIpc) is 2.67. The molecule has 0 aromatic carbocycles. The van der Waals surface area contributed by atoms with Gasteiger partial charge in [-0.25, -0.2) is 9.78 Å². The zero-order chi connectivity index (χ0) is 18.1. The van der Waals surface area contributed by atoms with Crippen LogP contribution in [0.5, 0.6) is 0 Å². The number of amides is 1. The van der Waals surface area contributed by atoms with Crippen LogP contribution in [-0.2, 0) is 15.9 Å². The standard InChI is InChI=1S/C17H25ClN2O4/c1-16(2,3)24-15(22)20-12(13(10-21)23-17(20,4)5)8-11-6-7-19-14(18)9-11/h6-7,9,12-13,21H,8,10H2,1-5H3. The molecule has 2 heterocycles. The second-order valence-electron chi connectivity index (χ2n) is 7.39. The van der Waals surface area contributed by atoms with Gasteiger partial charge in [-0.05, 0) is 58.7 Å². The van der Waals surface area contributed by atoms with E-state index in [0.29, 0.717) is 11.6 Å². The van der Waals surface area contributed by atoms with E-state index in [9.17, 15) is 9.90 Å². The molecule has 0 saturated carbocycles. The van der Waals surface area contributed by atoms with Crippen molar-refractivity contribution in [2.75, 3.05) is 6.61 Å². The highest BCUT2D eigenvalue weighted by Crippen LogP contribution is 2.35. The summed E-state index contributed by atoms with van der Waals surface area (Å²) >= 11 is 5.95. The Kier molecular flexibility index (Phi) is 5.42. The first-order valence-corrected chi connectivity index (χ1v) is 8.33. The molecule has 1 aliphatic heterocycles. The number of rotatable bonds is 3. The van der Waals surface area contributed by atoms with Gasteiger partial charge in [0.1, 0.15) is 22.6 Å². The third-order valence-electron chi connectivity index (χ3n) is 3.79. The summed E-state index contributed by atoms with van der Waals surface area (Å²) in [5, 5.41) is 10.1. The molecule has 0 aliphatic carbocycles. The molecule has 1 fully saturated rings. The summed E-state index contributed by atoms with van der Waals surface area (Å²) in [7, 11) is 0. The SMILES string of the molecule is CC(C)(C)OC(=O)N1C(Cc2ccnc(Cl)c2)C(CO)OC1(C)C. The molecule has 6 nitrogen and oxygen atoms in total. The van der Waals surface area contributed by atoms with Crippen molar-refractivity contribution in [3.8, 4) is 0 Å². The normalized spacial score (nSPS) is 23.4. The molecule has 2 unspecified atom stereocenters. The number of aliphatic hydroxyl groups is 1. The van der Waals surface area contributed by atoms with Crippen LogP contribution in [0.15, 0.2) is 18.3 Å². The Labute approximate surface area is 147 Å². The van der Waals surface area contributed by atoms with Gasteiger partial charge >= 0.3 is 6.09 Å². The fourth-order valence-corrected chi connectivity index (χ4v) is 3.13. The van der Waals surface area contributed by atoms with Gasteiger partial charge in [0.05, 0.1) is 12.6 Å². The number of aliphatic hydroxyl groups excluding tert-OH is 1. The lowest BCUT2D eigenvalue weighted by atomic mass is 10.0. The first-order valence-electron chi connectivity index (χ1n) is 7.95. The molecule has 2 rings (SSSR count). The first kappa shape index (κ1) is 19.0. The highest BCUT2D eigenvalue weighted by atomic mass is 35.5. The molecule has 7 heteroatoms. The molecule has 0 bridgehead atoms. The van der Waals surface area contributed by atoms with Crippen LogP contribution in [-0.4, -0.2) is 51.2 Å². The van der Waals surface area contributed by atoms with Crippen LogP contribution in [0.4, 0.5) is 4.79 Å². The van der Waals surface area contributed by atoms with E-state index in [4.69, 9.17) is 21.1 Å². The topological polar surface area (TPSA) is 71.9 Å². The van der Waals surface area contributed by atoms with Gasteiger partial charge < -0.3 is 14.6 Å². The Hall–Kier alpha value is -1.37. The Balaban J connectivity index is 2.30. The number of aromatic nitrogens is 1. The number of carbonyl (C=O) groups excluding carboxylic acids is 1. The number of nitrogens with zero attached hydrogens (tertiary/aromatic N) is 2. The van der Waals surface area contributed by atoms with Gasteiger partial charge in [0.25, 0.3) is 0 Å². The third kappa shape index (κ3) is 4.37. The first-order chi connectivity index (χ1) is 11.0. The van der Waals surface area contributed by atoms with Gasteiger partial charge in [0.15, 0.2) is 0 Å². The molecule has 1 aliphatic rings. The van der Waals surface area contributed by atoms with E-state index in [-0.39, 0.29) is 12.6 Å². The van der Waals surface area contributed by atoms with Gasteiger partial charge in [-0.15, -0.1) is 0 Å². The summed E-state index contributed by atoms with van der Waals surface area (Å²) in [5.41, 5.74) is -0.583. The number of pyridine rings is 1. The summed E-state index contributed by atoms with van der Waals surface area (Å²) in [6, 6.07) is 3.21. The van der Waals surface area contributed by atoms with Gasteiger partial charge in [-0.1, -0.05) is 11.6 Å². The summed E-state index contributed by atoms with van der Waals surface area (Å²) in [6.45, 7) is 8.84. The number of hydrogen-bond donors (Lipinski definition) is 1. The van der Waals surface area contributed by atoms with Crippen LogP contribution in [0.2, 0.25) is 5.15 Å². The van der Waals surface area contributed by atoms with E-state index in [1.54, 1.807) is 31.0 Å². The van der Waals surface area contributed by atoms with Crippen molar-refractivity contribution in [3.63, 3.8) is 0 Å². The number of hydrogen-bond acceptors (Lipinski definition) is 5. The van der Waals surface area contributed by atoms with Crippen molar-refractivity contribution in [1.82, 2.24) is 9.88 Å². The maximum atomic E-state index is 12.7. The van der Waals surface area contributed by atoms with Crippen LogP contribution in [0.1, 0.15) is 40.2 Å². The molecule has 1 aromatic rings. The minimum absolute atomic E-state index is 0.188. The highest BCUT2D eigenvalue weighted by Gasteiger charge is 2.50. The lowest BCUT2D eigenvalue weighted by Crippen LogP contribution is -2.51. The van der Waals surface area contributed by atoms with E-state index >= 15 is 0 Å². The van der Waals surface area contributed by atoms with E-state index in [2.05, 4.69) is 4.98 Å². The quantitative estimate of drug-likeness (QED) is 0.843. The van der Waals surface area contributed by atoms with Crippen LogP contribution in [0.25, 0.3) is 0 Å². The number of ether oxygens (including phenoxy) is 2. The van der Waals surface area contributed by atoms with Gasteiger partial charge in [0, 0.05) is 6.20 Å². The van der Waals surface area contributed by atoms with Crippen LogP contribution >= 0.6 is 11.6 Å². The summed E-state index contributed by atoms with van der Waals surface area (Å²) < 4.78 is 11.4. The molecule has 1 N–H and O–H groups in total. The van der Waals surface area contributed by atoms with Crippen molar-refractivity contribution >= 4 is 17.7 Å². The average molecular weight is 357 g/mol. The monoisotopic (exact) mass is 356 g/mol. The van der Waals surface area contributed by atoms with E-state index < -0.39 is 23.5 Å². The number of halogens is 1. The Bertz CT molecular complexity index is 600. The molecule has 134 valence electrons.